The van der Waals surface area contributed by atoms with Crippen molar-refractivity contribution in [3.63, 3.8) is 0 Å². The standard InChI is InChI=1S/CH3NO2.3ClH.Fe/c1-2(3)4;;;;/h1H3;3*1H;/q;;;;+3/p-3. The number of rotatable bonds is 0. The van der Waals surface area contributed by atoms with Crippen LogP contribution in [0.3, 0.4) is 0 Å². The van der Waals surface area contributed by atoms with Crippen LogP contribution in [0.15, 0.2) is 0 Å². The zero-order valence-corrected chi connectivity index (χ0v) is 7.12. The molecule has 0 aliphatic heterocycles. The minimum Gasteiger partial charge on any atom is -1.00 e. The SMILES string of the molecule is C[N+](=O)[O-].[Cl-].[Cl-].[Cl-].[Fe+3]. The molecule has 7 heteroatoms. The van der Waals surface area contributed by atoms with Crippen molar-refractivity contribution in [2.24, 2.45) is 0 Å². The Labute approximate surface area is 76.4 Å². The molecule has 53 valence electrons. The van der Waals surface area contributed by atoms with Crippen LogP contribution in [-0.4, -0.2) is 12.0 Å². The van der Waals surface area contributed by atoms with E-state index in [0.717, 1.165) is 7.05 Å². The van der Waals surface area contributed by atoms with E-state index in [-0.39, 0.29) is 54.3 Å². The summed E-state index contributed by atoms with van der Waals surface area (Å²) in [5, 5.41) is 8.81. The van der Waals surface area contributed by atoms with Gasteiger partial charge in [0.15, 0.2) is 7.05 Å². The number of hydrogen-bond donors (Lipinski definition) is 0. The smallest absolute Gasteiger partial charge is 1.00 e. The minimum absolute atomic E-state index is 0. The van der Waals surface area contributed by atoms with Crippen LogP contribution in [0, 0.1) is 10.1 Å². The van der Waals surface area contributed by atoms with Crippen molar-refractivity contribution in [1.82, 2.24) is 0 Å². The summed E-state index contributed by atoms with van der Waals surface area (Å²) < 4.78 is 0. The van der Waals surface area contributed by atoms with E-state index >= 15 is 0 Å². The second-order valence-corrected chi connectivity index (χ2v) is 0.440. The molecular formula is CH3Cl3FeNO2. The Morgan fingerprint density at radius 3 is 1.25 bits per heavy atom. The van der Waals surface area contributed by atoms with Crippen LogP contribution in [0.25, 0.3) is 0 Å². The van der Waals surface area contributed by atoms with Crippen molar-refractivity contribution in [3.8, 4) is 0 Å². The van der Waals surface area contributed by atoms with Crippen LogP contribution < -0.4 is 37.2 Å². The summed E-state index contributed by atoms with van der Waals surface area (Å²) in [6.45, 7) is 0. The van der Waals surface area contributed by atoms with E-state index in [4.69, 9.17) is 10.1 Å². The predicted octanol–water partition coefficient (Wildman–Crippen LogP) is -9.10. The van der Waals surface area contributed by atoms with Gasteiger partial charge >= 0.3 is 17.1 Å². The van der Waals surface area contributed by atoms with Gasteiger partial charge in [0.05, 0.1) is 0 Å². The van der Waals surface area contributed by atoms with Crippen molar-refractivity contribution >= 4 is 0 Å². The first-order chi connectivity index (χ1) is 1.73. The molecule has 0 aliphatic carbocycles. The topological polar surface area (TPSA) is 43.1 Å². The maximum absolute atomic E-state index is 8.81. The molecule has 0 aromatic carbocycles. The van der Waals surface area contributed by atoms with Gasteiger partial charge in [-0.05, 0) is 0 Å². The fourth-order valence-electron chi connectivity index (χ4n) is 0. The van der Waals surface area contributed by atoms with Crippen LogP contribution in [0.4, 0.5) is 0 Å². The molecule has 0 unspecified atom stereocenters. The monoisotopic (exact) mass is 222 g/mol. The van der Waals surface area contributed by atoms with Gasteiger partial charge in [0.1, 0.15) is 0 Å². The zero-order valence-electron chi connectivity index (χ0n) is 3.75. The zero-order chi connectivity index (χ0) is 3.58. The Bertz CT molecular complexity index is 40.3. The van der Waals surface area contributed by atoms with E-state index in [1.165, 1.54) is 0 Å². The van der Waals surface area contributed by atoms with E-state index in [9.17, 15) is 0 Å². The molecule has 0 saturated carbocycles. The first kappa shape index (κ1) is 37.1. The Hall–Kier alpha value is 0.789. The van der Waals surface area contributed by atoms with E-state index in [0.29, 0.717) is 0 Å². The molecular weight excluding hydrogens is 220 g/mol. The van der Waals surface area contributed by atoms with Crippen molar-refractivity contribution in [3.05, 3.63) is 10.1 Å². The van der Waals surface area contributed by atoms with Gasteiger partial charge in [-0.2, -0.15) is 0 Å². The average Bonchev–Trinajstić information content (AvgIpc) is 0.811. The van der Waals surface area contributed by atoms with Crippen LogP contribution in [0.1, 0.15) is 0 Å². The minimum atomic E-state index is -0.500. The molecule has 0 N–H and O–H groups in total. The fraction of sp³-hybridized carbons (Fsp3) is 1.00. The van der Waals surface area contributed by atoms with E-state index in [1.807, 2.05) is 0 Å². The van der Waals surface area contributed by atoms with Gasteiger partial charge in [0.25, 0.3) is 0 Å². The normalized spacial score (nSPS) is 3.12. The van der Waals surface area contributed by atoms with Crippen molar-refractivity contribution in [2.75, 3.05) is 7.05 Å². The van der Waals surface area contributed by atoms with E-state index in [2.05, 4.69) is 0 Å². The molecule has 0 heterocycles. The molecule has 0 amide bonds. The van der Waals surface area contributed by atoms with E-state index in [1.54, 1.807) is 0 Å². The molecule has 0 aliphatic rings. The van der Waals surface area contributed by atoms with Crippen molar-refractivity contribution in [1.29, 1.82) is 0 Å². The van der Waals surface area contributed by atoms with Gasteiger partial charge in [0.2, 0.25) is 0 Å². The fourth-order valence-corrected chi connectivity index (χ4v) is 0. The number of nitro groups is 1. The maximum atomic E-state index is 8.81. The van der Waals surface area contributed by atoms with Crippen LogP contribution in [-0.2, 0) is 17.1 Å². The number of nitrogens with zero attached hydrogens (tertiary/aromatic N) is 1. The molecule has 1 radical (unpaired) electrons. The van der Waals surface area contributed by atoms with Gasteiger partial charge in [-0.15, -0.1) is 0 Å². The largest absolute Gasteiger partial charge is 3.00 e. The van der Waals surface area contributed by atoms with Crippen LogP contribution >= 0.6 is 0 Å². The Kier molecular flexibility index (Phi) is 116. The van der Waals surface area contributed by atoms with Gasteiger partial charge < -0.3 is 37.2 Å². The van der Waals surface area contributed by atoms with Crippen molar-refractivity contribution in [2.45, 2.75) is 0 Å². The molecule has 0 aromatic rings. The summed E-state index contributed by atoms with van der Waals surface area (Å²) in [7, 11) is 0.889. The first-order valence-corrected chi connectivity index (χ1v) is 0.812. The van der Waals surface area contributed by atoms with Crippen molar-refractivity contribution < 1.29 is 59.2 Å². The van der Waals surface area contributed by atoms with Crippen LogP contribution in [0.2, 0.25) is 0 Å². The second-order valence-electron chi connectivity index (χ2n) is 0.440. The predicted molar refractivity (Wildman–Crippen MR) is 12.9 cm³/mol. The summed E-state index contributed by atoms with van der Waals surface area (Å²) >= 11 is 0. The Morgan fingerprint density at radius 1 is 1.25 bits per heavy atom. The molecule has 0 saturated heterocycles. The summed E-state index contributed by atoms with van der Waals surface area (Å²) in [4.78, 5) is 8.31. The van der Waals surface area contributed by atoms with Gasteiger partial charge in [-0.25, -0.2) is 0 Å². The molecule has 3 nitrogen and oxygen atoms in total. The Balaban J connectivity index is -0.00000000750. The summed E-state index contributed by atoms with van der Waals surface area (Å²) in [5.74, 6) is 0. The molecule has 0 fully saturated rings. The summed E-state index contributed by atoms with van der Waals surface area (Å²) in [5.41, 5.74) is 0. The average molecular weight is 223 g/mol. The summed E-state index contributed by atoms with van der Waals surface area (Å²) in [6, 6.07) is 0. The second kappa shape index (κ2) is 25.0. The molecule has 0 bridgehead atoms. The third-order valence-electron chi connectivity index (χ3n) is 0. The quantitative estimate of drug-likeness (QED) is 0.232. The molecule has 0 spiro atoms. The first-order valence-electron chi connectivity index (χ1n) is 0.812. The number of halogens is 3. The van der Waals surface area contributed by atoms with Gasteiger partial charge in [-0.1, -0.05) is 0 Å². The van der Waals surface area contributed by atoms with Gasteiger partial charge in [-0.3, -0.25) is 10.1 Å². The molecule has 0 atom stereocenters. The van der Waals surface area contributed by atoms with E-state index < -0.39 is 4.92 Å². The summed E-state index contributed by atoms with van der Waals surface area (Å²) in [6.07, 6.45) is 0. The molecule has 0 rings (SSSR count). The van der Waals surface area contributed by atoms with Gasteiger partial charge in [0, 0.05) is 4.92 Å². The maximum Gasteiger partial charge on any atom is 3.00 e. The molecule has 0 aromatic heterocycles. The van der Waals surface area contributed by atoms with Crippen LogP contribution in [0.5, 0.6) is 0 Å². The number of hydrogen-bond acceptors (Lipinski definition) is 2. The third-order valence-corrected chi connectivity index (χ3v) is 0. The third kappa shape index (κ3) is 365. The Morgan fingerprint density at radius 2 is 1.25 bits per heavy atom. The molecule has 8 heavy (non-hydrogen) atoms.